The number of ether oxygens (including phenoxy) is 1. The van der Waals surface area contributed by atoms with E-state index in [9.17, 15) is 14.4 Å². The molecule has 2 N–H and O–H groups in total. The van der Waals surface area contributed by atoms with E-state index in [0.29, 0.717) is 22.5 Å². The molecular weight excluding hydrogens is 366 g/mol. The summed E-state index contributed by atoms with van der Waals surface area (Å²) in [6, 6.07) is 0.308. The molecule has 8 heteroatoms. The molecule has 0 saturated heterocycles. The normalized spacial score (nSPS) is 18.7. The van der Waals surface area contributed by atoms with Crippen molar-refractivity contribution in [3.8, 4) is 0 Å². The number of hydrogen-bond donors (Lipinski definition) is 2. The Morgan fingerprint density at radius 3 is 2.56 bits per heavy atom. The average molecular weight is 394 g/mol. The molecule has 0 aromatic carbocycles. The van der Waals surface area contributed by atoms with E-state index in [0.717, 1.165) is 42.5 Å². The Morgan fingerprint density at radius 2 is 1.89 bits per heavy atom. The summed E-state index contributed by atoms with van der Waals surface area (Å²) in [6.45, 7) is 2.45. The van der Waals surface area contributed by atoms with Crippen LogP contribution >= 0.6 is 11.3 Å². The second kappa shape index (κ2) is 8.39. The van der Waals surface area contributed by atoms with Crippen LogP contribution in [0.3, 0.4) is 0 Å². The van der Waals surface area contributed by atoms with Crippen molar-refractivity contribution in [1.29, 1.82) is 0 Å². The maximum atomic E-state index is 12.4. The molecule has 1 aromatic heterocycles. The molecule has 1 atom stereocenters. The van der Waals surface area contributed by atoms with Crippen molar-refractivity contribution in [2.75, 3.05) is 32.6 Å². The number of likely N-dealkylation sites (N-methyl/N-ethyl adjacent to an activating group) is 1. The zero-order valence-electron chi connectivity index (χ0n) is 16.1. The van der Waals surface area contributed by atoms with Crippen LogP contribution in [-0.2, 0) is 27.2 Å². The van der Waals surface area contributed by atoms with Crippen molar-refractivity contribution < 1.29 is 19.1 Å². The molecule has 7 nitrogen and oxygen atoms in total. The summed E-state index contributed by atoms with van der Waals surface area (Å²) in [5.41, 5.74) is 1.50. The van der Waals surface area contributed by atoms with Crippen LogP contribution in [0.4, 0.5) is 5.00 Å². The Balaban J connectivity index is 1.64. The third-order valence-corrected chi connectivity index (χ3v) is 6.09. The second-order valence-corrected chi connectivity index (χ2v) is 8.71. The van der Waals surface area contributed by atoms with Crippen molar-refractivity contribution in [3.63, 3.8) is 0 Å². The molecule has 2 amide bonds. The Kier molecular flexibility index (Phi) is 6.16. The number of esters is 1. The molecule has 1 heterocycles. The van der Waals surface area contributed by atoms with Crippen LogP contribution in [0.25, 0.3) is 0 Å². The molecule has 27 heavy (non-hydrogen) atoms. The highest BCUT2D eigenvalue weighted by atomic mass is 32.1. The quantitative estimate of drug-likeness (QED) is 0.690. The molecule has 2 aliphatic rings. The van der Waals surface area contributed by atoms with Gasteiger partial charge in [0, 0.05) is 10.9 Å². The first-order chi connectivity index (χ1) is 12.9. The number of thiophene rings is 1. The molecule has 0 bridgehead atoms. The van der Waals surface area contributed by atoms with E-state index in [1.165, 1.54) is 18.4 Å². The number of nitrogens with one attached hydrogen (secondary N) is 2. The third kappa shape index (κ3) is 5.07. The van der Waals surface area contributed by atoms with Gasteiger partial charge in [0.25, 0.3) is 0 Å². The molecule has 148 valence electrons. The molecule has 2 aliphatic carbocycles. The lowest BCUT2D eigenvalue weighted by Crippen LogP contribution is -2.39. The number of methoxy groups -OCH3 is 1. The van der Waals surface area contributed by atoms with Crippen molar-refractivity contribution in [3.05, 3.63) is 16.0 Å². The van der Waals surface area contributed by atoms with Gasteiger partial charge >= 0.3 is 5.97 Å². The summed E-state index contributed by atoms with van der Waals surface area (Å²) in [5.74, 6) is -0.145. The maximum absolute atomic E-state index is 12.4. The SMILES string of the molecule is COC(=O)c1c(NC(=O)CN(C)CC(=O)NC2CC2)sc2c1CC[C@H](C)C2. The first kappa shape index (κ1) is 19.8. The highest BCUT2D eigenvalue weighted by Crippen LogP contribution is 2.40. The van der Waals surface area contributed by atoms with Gasteiger partial charge in [-0.05, 0) is 50.6 Å². The van der Waals surface area contributed by atoms with Crippen LogP contribution < -0.4 is 10.6 Å². The second-order valence-electron chi connectivity index (χ2n) is 7.61. The fourth-order valence-corrected chi connectivity index (χ4v) is 4.79. The van der Waals surface area contributed by atoms with Crippen LogP contribution in [0, 0.1) is 5.92 Å². The van der Waals surface area contributed by atoms with Gasteiger partial charge in [0.05, 0.1) is 25.8 Å². The average Bonchev–Trinajstić information content (AvgIpc) is 3.32. The lowest BCUT2D eigenvalue weighted by molar-refractivity contribution is -0.123. The van der Waals surface area contributed by atoms with Gasteiger partial charge in [-0.25, -0.2) is 4.79 Å². The number of nitrogens with zero attached hydrogens (tertiary/aromatic N) is 1. The summed E-state index contributed by atoms with van der Waals surface area (Å²) in [7, 11) is 3.09. The lowest BCUT2D eigenvalue weighted by Gasteiger charge is -2.18. The first-order valence-corrected chi connectivity index (χ1v) is 10.2. The van der Waals surface area contributed by atoms with Gasteiger partial charge in [-0.1, -0.05) is 6.92 Å². The molecule has 1 saturated carbocycles. The number of carbonyl (C=O) groups excluding carboxylic acids is 3. The maximum Gasteiger partial charge on any atom is 0.341 e. The minimum absolute atomic E-state index is 0.0661. The molecule has 0 radical (unpaired) electrons. The van der Waals surface area contributed by atoms with Gasteiger partial charge in [-0.2, -0.15) is 0 Å². The number of carbonyl (C=O) groups is 3. The number of amides is 2. The van der Waals surface area contributed by atoms with Crippen LogP contribution in [0.15, 0.2) is 0 Å². The summed E-state index contributed by atoms with van der Waals surface area (Å²) in [6.07, 6.45) is 4.84. The minimum atomic E-state index is -0.408. The Bertz CT molecular complexity index is 742. The Hall–Kier alpha value is -1.93. The number of hydrogen-bond acceptors (Lipinski definition) is 6. The first-order valence-electron chi connectivity index (χ1n) is 9.38. The predicted octanol–water partition coefficient (Wildman–Crippen LogP) is 1.81. The summed E-state index contributed by atoms with van der Waals surface area (Å²) >= 11 is 1.46. The van der Waals surface area contributed by atoms with Crippen molar-refractivity contribution >= 4 is 34.1 Å². The molecule has 0 unspecified atom stereocenters. The van der Waals surface area contributed by atoms with E-state index in [4.69, 9.17) is 4.74 Å². The van der Waals surface area contributed by atoms with Crippen molar-refractivity contribution in [2.45, 2.75) is 45.1 Å². The van der Waals surface area contributed by atoms with Gasteiger partial charge in [0.2, 0.25) is 11.8 Å². The van der Waals surface area contributed by atoms with E-state index >= 15 is 0 Å². The van der Waals surface area contributed by atoms with Gasteiger partial charge < -0.3 is 15.4 Å². The van der Waals surface area contributed by atoms with E-state index < -0.39 is 5.97 Å². The van der Waals surface area contributed by atoms with Crippen LogP contribution in [0.1, 0.15) is 47.0 Å². The summed E-state index contributed by atoms with van der Waals surface area (Å²) in [4.78, 5) is 39.4. The fraction of sp³-hybridized carbons (Fsp3) is 0.632. The van der Waals surface area contributed by atoms with Gasteiger partial charge in [-0.3, -0.25) is 14.5 Å². The van der Waals surface area contributed by atoms with Gasteiger partial charge in [0.1, 0.15) is 5.00 Å². The standard InChI is InChI=1S/C19H27N3O4S/c1-11-4-7-13-14(8-11)27-18(17(13)19(25)26-3)21-16(24)10-22(2)9-15(23)20-12-5-6-12/h11-12H,4-10H2,1-3H3,(H,20,23)(H,21,24)/t11-/m0/s1. The van der Waals surface area contributed by atoms with E-state index in [-0.39, 0.29) is 24.9 Å². The minimum Gasteiger partial charge on any atom is -0.465 e. The molecule has 3 rings (SSSR count). The van der Waals surface area contributed by atoms with Gasteiger partial charge in [-0.15, -0.1) is 11.3 Å². The summed E-state index contributed by atoms with van der Waals surface area (Å²) < 4.78 is 4.94. The fourth-order valence-electron chi connectivity index (χ4n) is 3.37. The van der Waals surface area contributed by atoms with Crippen LogP contribution in [0.5, 0.6) is 0 Å². The third-order valence-electron chi connectivity index (χ3n) is 4.92. The predicted molar refractivity (Wildman–Crippen MR) is 104 cm³/mol. The smallest absolute Gasteiger partial charge is 0.341 e. The van der Waals surface area contributed by atoms with E-state index in [2.05, 4.69) is 17.6 Å². The van der Waals surface area contributed by atoms with Crippen LogP contribution in [-0.4, -0.2) is 56.0 Å². The number of rotatable bonds is 7. The highest BCUT2D eigenvalue weighted by molar-refractivity contribution is 7.17. The van der Waals surface area contributed by atoms with Crippen molar-refractivity contribution in [2.24, 2.45) is 5.92 Å². The zero-order valence-corrected chi connectivity index (χ0v) is 16.9. The molecule has 1 aromatic rings. The monoisotopic (exact) mass is 393 g/mol. The van der Waals surface area contributed by atoms with Crippen molar-refractivity contribution in [1.82, 2.24) is 10.2 Å². The number of fused-ring (bicyclic) bond motifs is 1. The Labute approximate surface area is 163 Å². The molecular formula is C19H27N3O4S. The van der Waals surface area contributed by atoms with Crippen LogP contribution in [0.2, 0.25) is 0 Å². The summed E-state index contributed by atoms with van der Waals surface area (Å²) in [5, 5.41) is 6.32. The Morgan fingerprint density at radius 1 is 1.19 bits per heavy atom. The zero-order chi connectivity index (χ0) is 19.6. The highest BCUT2D eigenvalue weighted by Gasteiger charge is 2.29. The van der Waals surface area contributed by atoms with Gasteiger partial charge in [0.15, 0.2) is 0 Å². The molecule has 1 fully saturated rings. The largest absolute Gasteiger partial charge is 0.465 e. The van der Waals surface area contributed by atoms with E-state index in [1.54, 1.807) is 11.9 Å². The molecule has 0 aliphatic heterocycles. The van der Waals surface area contributed by atoms with E-state index in [1.807, 2.05) is 0 Å². The topological polar surface area (TPSA) is 87.7 Å². The molecule has 0 spiro atoms. The number of anilines is 1. The lowest BCUT2D eigenvalue weighted by atomic mass is 9.88.